The van der Waals surface area contributed by atoms with Crippen molar-refractivity contribution in [2.75, 3.05) is 0 Å². The first-order valence-electron chi connectivity index (χ1n) is 5.26. The number of hydrogen-bond donors (Lipinski definition) is 1. The van der Waals surface area contributed by atoms with Crippen LogP contribution >= 0.6 is 0 Å². The first-order chi connectivity index (χ1) is 7.65. The van der Waals surface area contributed by atoms with E-state index in [1.165, 1.54) is 4.52 Å². The molecule has 16 heavy (non-hydrogen) atoms. The number of fused-ring (bicyclic) bond motifs is 1. The molecule has 2 aromatic heterocycles. The van der Waals surface area contributed by atoms with E-state index in [9.17, 15) is 4.79 Å². The number of carbonyl (C=O) groups is 1. The summed E-state index contributed by atoms with van der Waals surface area (Å²) in [4.78, 5) is 15.4. The van der Waals surface area contributed by atoms with E-state index in [2.05, 4.69) is 10.1 Å². The number of aromatic carboxylic acids is 1. The quantitative estimate of drug-likeness (QED) is 0.829. The number of carboxylic acid groups (broad SMARTS) is 1. The fourth-order valence-corrected chi connectivity index (χ4v) is 1.80. The molecule has 3 rings (SSSR count). The van der Waals surface area contributed by atoms with E-state index >= 15 is 0 Å². The van der Waals surface area contributed by atoms with Gasteiger partial charge in [-0.15, -0.1) is 0 Å². The average molecular weight is 217 g/mol. The first kappa shape index (κ1) is 9.33. The normalized spacial score (nSPS) is 15.6. The van der Waals surface area contributed by atoms with Crippen molar-refractivity contribution in [3.8, 4) is 0 Å². The molecule has 1 fully saturated rings. The molecule has 0 aliphatic heterocycles. The van der Waals surface area contributed by atoms with Crippen LogP contribution in [-0.4, -0.2) is 25.7 Å². The molecule has 0 unspecified atom stereocenters. The lowest BCUT2D eigenvalue weighted by molar-refractivity contribution is 0.0687. The van der Waals surface area contributed by atoms with E-state index in [1.54, 1.807) is 6.07 Å². The lowest BCUT2D eigenvalue weighted by atomic mass is 10.2. The summed E-state index contributed by atoms with van der Waals surface area (Å²) in [5.41, 5.74) is 1.69. The molecule has 2 heterocycles. The van der Waals surface area contributed by atoms with Crippen LogP contribution in [0.2, 0.25) is 0 Å². The van der Waals surface area contributed by atoms with Gasteiger partial charge in [0, 0.05) is 5.92 Å². The number of pyridine rings is 1. The lowest BCUT2D eigenvalue weighted by Crippen LogP contribution is -2.06. The van der Waals surface area contributed by atoms with Gasteiger partial charge in [0.2, 0.25) is 0 Å². The van der Waals surface area contributed by atoms with Gasteiger partial charge in [-0.1, -0.05) is 0 Å². The molecular weight excluding hydrogens is 206 g/mol. The molecule has 1 N–H and O–H groups in total. The van der Waals surface area contributed by atoms with Crippen LogP contribution in [0.5, 0.6) is 0 Å². The zero-order valence-electron chi connectivity index (χ0n) is 8.84. The minimum absolute atomic E-state index is 0.175. The van der Waals surface area contributed by atoms with Crippen molar-refractivity contribution in [2.45, 2.75) is 25.7 Å². The maximum Gasteiger partial charge on any atom is 0.354 e. The van der Waals surface area contributed by atoms with Gasteiger partial charge in [0.1, 0.15) is 0 Å². The summed E-state index contributed by atoms with van der Waals surface area (Å²) in [5.74, 6) is 0.232. The van der Waals surface area contributed by atoms with Crippen molar-refractivity contribution in [1.82, 2.24) is 14.6 Å². The Morgan fingerprint density at radius 2 is 2.25 bits per heavy atom. The first-order valence-corrected chi connectivity index (χ1v) is 5.26. The zero-order valence-corrected chi connectivity index (χ0v) is 8.84. The van der Waals surface area contributed by atoms with Gasteiger partial charge in [0.05, 0.1) is 0 Å². The maximum absolute atomic E-state index is 11.1. The molecule has 0 radical (unpaired) electrons. The zero-order chi connectivity index (χ0) is 11.3. The van der Waals surface area contributed by atoms with Gasteiger partial charge >= 0.3 is 5.97 Å². The maximum atomic E-state index is 11.1. The number of nitrogens with zero attached hydrogens (tertiary/aromatic N) is 3. The SMILES string of the molecule is Cc1cc(C(=O)O)n2nc(C3CC3)nc2c1. The van der Waals surface area contributed by atoms with Crippen LogP contribution in [0, 0.1) is 6.92 Å². The second-order valence-corrected chi connectivity index (χ2v) is 4.24. The minimum Gasteiger partial charge on any atom is -0.477 e. The van der Waals surface area contributed by atoms with Gasteiger partial charge in [-0.05, 0) is 37.5 Å². The van der Waals surface area contributed by atoms with Gasteiger partial charge in [-0.3, -0.25) is 0 Å². The van der Waals surface area contributed by atoms with Crippen LogP contribution in [0.1, 0.15) is 40.6 Å². The third-order valence-corrected chi connectivity index (χ3v) is 2.76. The van der Waals surface area contributed by atoms with Crippen molar-refractivity contribution in [3.63, 3.8) is 0 Å². The molecular formula is C11H11N3O2. The summed E-state index contributed by atoms with van der Waals surface area (Å²) in [6.45, 7) is 1.86. The molecule has 0 amide bonds. The van der Waals surface area contributed by atoms with Gasteiger partial charge in [-0.25, -0.2) is 14.3 Å². The number of aryl methyl sites for hydroxylation is 1. The molecule has 1 saturated carbocycles. The number of hydrogen-bond acceptors (Lipinski definition) is 3. The number of aromatic nitrogens is 3. The van der Waals surface area contributed by atoms with E-state index < -0.39 is 5.97 Å². The van der Waals surface area contributed by atoms with Crippen LogP contribution in [0.4, 0.5) is 0 Å². The Labute approximate surface area is 91.7 Å². The van der Waals surface area contributed by atoms with Gasteiger partial charge in [0.15, 0.2) is 17.2 Å². The highest BCUT2D eigenvalue weighted by Gasteiger charge is 2.28. The van der Waals surface area contributed by atoms with Gasteiger partial charge in [-0.2, -0.15) is 5.10 Å². The smallest absolute Gasteiger partial charge is 0.354 e. The molecule has 0 bridgehead atoms. The predicted octanol–water partition coefficient (Wildman–Crippen LogP) is 1.61. The van der Waals surface area contributed by atoms with Crippen LogP contribution in [0.15, 0.2) is 12.1 Å². The molecule has 82 valence electrons. The Kier molecular flexibility index (Phi) is 1.77. The Hall–Kier alpha value is -1.91. The topological polar surface area (TPSA) is 67.5 Å². The van der Waals surface area contributed by atoms with Crippen molar-refractivity contribution in [2.24, 2.45) is 0 Å². The van der Waals surface area contributed by atoms with Crippen LogP contribution in [-0.2, 0) is 0 Å². The minimum atomic E-state index is -0.971. The average Bonchev–Trinajstić information content (AvgIpc) is 2.98. The Morgan fingerprint density at radius 3 is 2.88 bits per heavy atom. The summed E-state index contributed by atoms with van der Waals surface area (Å²) in [7, 11) is 0. The monoisotopic (exact) mass is 217 g/mol. The molecule has 0 saturated heterocycles. The highest BCUT2D eigenvalue weighted by molar-refractivity contribution is 5.86. The standard InChI is InChI=1S/C11H11N3O2/c1-6-4-8(11(15)16)14-9(5-6)12-10(13-14)7-2-3-7/h4-5,7H,2-3H2,1H3,(H,15,16). The molecule has 5 nitrogen and oxygen atoms in total. The number of rotatable bonds is 2. The van der Waals surface area contributed by atoms with E-state index in [0.29, 0.717) is 11.6 Å². The highest BCUT2D eigenvalue weighted by Crippen LogP contribution is 2.38. The second kappa shape index (κ2) is 3.04. The molecule has 2 aromatic rings. The van der Waals surface area contributed by atoms with Crippen molar-refractivity contribution >= 4 is 11.6 Å². The van der Waals surface area contributed by atoms with Crippen LogP contribution in [0.3, 0.4) is 0 Å². The van der Waals surface area contributed by atoms with Crippen molar-refractivity contribution in [1.29, 1.82) is 0 Å². The molecule has 1 aliphatic carbocycles. The molecule has 0 spiro atoms. The van der Waals surface area contributed by atoms with E-state index in [-0.39, 0.29) is 5.69 Å². The predicted molar refractivity (Wildman–Crippen MR) is 56.7 cm³/mol. The molecule has 5 heteroatoms. The van der Waals surface area contributed by atoms with E-state index in [1.807, 2.05) is 13.0 Å². The summed E-state index contributed by atoms with van der Waals surface area (Å²) in [6, 6.07) is 3.46. The Balaban J connectivity index is 2.27. The van der Waals surface area contributed by atoms with Gasteiger partial charge < -0.3 is 5.11 Å². The lowest BCUT2D eigenvalue weighted by Gasteiger charge is -1.99. The molecule has 0 aromatic carbocycles. The van der Waals surface area contributed by atoms with Crippen LogP contribution < -0.4 is 0 Å². The third-order valence-electron chi connectivity index (χ3n) is 2.76. The molecule has 0 atom stereocenters. The summed E-state index contributed by atoms with van der Waals surface area (Å²) >= 11 is 0. The van der Waals surface area contributed by atoms with E-state index in [4.69, 9.17) is 5.11 Å². The summed E-state index contributed by atoms with van der Waals surface area (Å²) in [6.07, 6.45) is 2.22. The van der Waals surface area contributed by atoms with Gasteiger partial charge in [0.25, 0.3) is 0 Å². The third kappa shape index (κ3) is 1.36. The Bertz CT molecular complexity index is 584. The highest BCUT2D eigenvalue weighted by atomic mass is 16.4. The van der Waals surface area contributed by atoms with Crippen molar-refractivity contribution in [3.05, 3.63) is 29.2 Å². The fourth-order valence-electron chi connectivity index (χ4n) is 1.80. The number of carboxylic acids is 1. The van der Waals surface area contributed by atoms with Crippen molar-refractivity contribution < 1.29 is 9.90 Å². The second-order valence-electron chi connectivity index (χ2n) is 4.24. The van der Waals surface area contributed by atoms with Crippen LogP contribution in [0.25, 0.3) is 5.65 Å². The largest absolute Gasteiger partial charge is 0.477 e. The van der Waals surface area contributed by atoms with E-state index in [0.717, 1.165) is 24.2 Å². The summed E-state index contributed by atoms with van der Waals surface area (Å²) < 4.78 is 1.42. The fraction of sp³-hybridized carbons (Fsp3) is 0.364. The summed E-state index contributed by atoms with van der Waals surface area (Å²) in [5, 5.41) is 13.3. The molecule has 1 aliphatic rings. The Morgan fingerprint density at radius 1 is 1.50 bits per heavy atom.